The molecule has 4 rings (SSSR count). The van der Waals surface area contributed by atoms with Gasteiger partial charge in [-0.1, -0.05) is 49.7 Å². The second-order valence-electron chi connectivity index (χ2n) is 8.40. The Balaban J connectivity index is 1.25. The van der Waals surface area contributed by atoms with E-state index in [1.165, 1.54) is 16.7 Å². The summed E-state index contributed by atoms with van der Waals surface area (Å²) >= 11 is 0. The zero-order valence-corrected chi connectivity index (χ0v) is 19.2. The van der Waals surface area contributed by atoms with Crippen LogP contribution in [0.3, 0.4) is 0 Å². The number of hydrogen-bond acceptors (Lipinski definition) is 4. The summed E-state index contributed by atoms with van der Waals surface area (Å²) in [6, 6.07) is 24.1. The third kappa shape index (κ3) is 6.53. The van der Waals surface area contributed by atoms with Crippen LogP contribution in [0.15, 0.2) is 77.9 Å². The van der Waals surface area contributed by atoms with E-state index in [1.54, 1.807) is 6.21 Å². The molecule has 0 bridgehead atoms. The summed E-state index contributed by atoms with van der Waals surface area (Å²) in [6.45, 7) is 5.77. The van der Waals surface area contributed by atoms with Gasteiger partial charge in [0.2, 0.25) is 0 Å². The molecule has 0 saturated carbocycles. The predicted molar refractivity (Wildman–Crippen MR) is 133 cm³/mol. The van der Waals surface area contributed by atoms with Crippen molar-refractivity contribution in [3.63, 3.8) is 0 Å². The molecule has 0 aromatic heterocycles. The van der Waals surface area contributed by atoms with Crippen molar-refractivity contribution in [2.24, 2.45) is 5.10 Å². The summed E-state index contributed by atoms with van der Waals surface area (Å²) in [5.74, 6) is 0.628. The third-order valence-corrected chi connectivity index (χ3v) is 5.86. The van der Waals surface area contributed by atoms with Gasteiger partial charge in [-0.2, -0.15) is 5.10 Å². The van der Waals surface area contributed by atoms with Crippen LogP contribution in [0, 0.1) is 0 Å². The number of benzene rings is 3. The first-order chi connectivity index (χ1) is 16.2. The number of hydrazone groups is 1. The van der Waals surface area contributed by atoms with Crippen molar-refractivity contribution in [2.45, 2.75) is 39.3 Å². The summed E-state index contributed by atoms with van der Waals surface area (Å²) in [5, 5.41) is 4.09. The molecule has 5 heteroatoms. The highest BCUT2D eigenvalue weighted by Crippen LogP contribution is 2.20. The van der Waals surface area contributed by atoms with Crippen molar-refractivity contribution >= 4 is 12.1 Å². The van der Waals surface area contributed by atoms with Gasteiger partial charge in [0.1, 0.15) is 5.75 Å². The topological polar surface area (TPSA) is 53.9 Å². The second-order valence-corrected chi connectivity index (χ2v) is 8.40. The van der Waals surface area contributed by atoms with E-state index in [0.29, 0.717) is 5.56 Å². The number of nitrogens with zero attached hydrogens (tertiary/aromatic N) is 2. The maximum Gasteiger partial charge on any atom is 0.271 e. The molecule has 170 valence electrons. The molecule has 0 saturated heterocycles. The minimum Gasteiger partial charge on any atom is -0.494 e. The van der Waals surface area contributed by atoms with Gasteiger partial charge in [0, 0.05) is 25.2 Å². The molecule has 1 amide bonds. The van der Waals surface area contributed by atoms with E-state index in [1.807, 2.05) is 48.5 Å². The highest BCUT2D eigenvalue weighted by molar-refractivity contribution is 5.94. The standard InChI is InChI=1S/C28H31N3O2/c1-2-3-18-33-27-14-10-22(11-15-27)19-29-30-28(32)25-12-8-23(9-13-25)20-31-17-16-24-6-4-5-7-26(24)21-31/h4-15,19H,2-3,16-18,20-21H2,1H3,(H,30,32)/b29-19-. The number of carbonyl (C=O) groups is 1. The maximum absolute atomic E-state index is 12.4. The molecular weight excluding hydrogens is 410 g/mol. The number of nitrogens with one attached hydrogen (secondary N) is 1. The first kappa shape index (κ1) is 22.7. The van der Waals surface area contributed by atoms with Crippen LogP contribution in [-0.4, -0.2) is 30.2 Å². The zero-order chi connectivity index (χ0) is 22.9. The van der Waals surface area contributed by atoms with Crippen molar-refractivity contribution < 1.29 is 9.53 Å². The smallest absolute Gasteiger partial charge is 0.271 e. The van der Waals surface area contributed by atoms with Crippen LogP contribution in [0.1, 0.15) is 52.4 Å². The zero-order valence-electron chi connectivity index (χ0n) is 19.2. The van der Waals surface area contributed by atoms with Gasteiger partial charge >= 0.3 is 0 Å². The Hall–Kier alpha value is -3.44. The van der Waals surface area contributed by atoms with Crippen LogP contribution >= 0.6 is 0 Å². The minimum atomic E-state index is -0.218. The highest BCUT2D eigenvalue weighted by Gasteiger charge is 2.15. The maximum atomic E-state index is 12.4. The predicted octanol–water partition coefficient (Wildman–Crippen LogP) is 5.19. The summed E-state index contributed by atoms with van der Waals surface area (Å²) in [5.41, 5.74) is 8.17. The molecule has 0 fully saturated rings. The van der Waals surface area contributed by atoms with E-state index in [9.17, 15) is 4.79 Å². The summed E-state index contributed by atoms with van der Waals surface area (Å²) in [4.78, 5) is 14.9. The molecule has 5 nitrogen and oxygen atoms in total. The van der Waals surface area contributed by atoms with Crippen LogP contribution in [0.4, 0.5) is 0 Å². The van der Waals surface area contributed by atoms with Gasteiger partial charge < -0.3 is 4.74 Å². The van der Waals surface area contributed by atoms with Gasteiger partial charge in [0.25, 0.3) is 5.91 Å². The molecule has 1 heterocycles. The lowest BCUT2D eigenvalue weighted by Gasteiger charge is -2.28. The molecule has 0 radical (unpaired) electrons. The Bertz CT molecular complexity index is 1080. The van der Waals surface area contributed by atoms with Gasteiger partial charge in [-0.05, 0) is 71.5 Å². The normalized spacial score (nSPS) is 13.6. The summed E-state index contributed by atoms with van der Waals surface area (Å²) < 4.78 is 5.66. The van der Waals surface area contributed by atoms with Crippen molar-refractivity contribution in [3.8, 4) is 5.75 Å². The van der Waals surface area contributed by atoms with E-state index >= 15 is 0 Å². The van der Waals surface area contributed by atoms with Crippen molar-refractivity contribution in [1.82, 2.24) is 10.3 Å². The Kier molecular flexibility index (Phi) is 7.88. The van der Waals surface area contributed by atoms with Crippen LogP contribution in [-0.2, 0) is 19.5 Å². The van der Waals surface area contributed by atoms with Crippen molar-refractivity contribution in [1.29, 1.82) is 0 Å². The lowest BCUT2D eigenvalue weighted by molar-refractivity contribution is 0.0955. The Morgan fingerprint density at radius 2 is 1.79 bits per heavy atom. The summed E-state index contributed by atoms with van der Waals surface area (Å²) in [6.07, 6.45) is 4.88. The number of ether oxygens (including phenoxy) is 1. The highest BCUT2D eigenvalue weighted by atomic mass is 16.5. The van der Waals surface area contributed by atoms with E-state index in [-0.39, 0.29) is 5.91 Å². The number of fused-ring (bicyclic) bond motifs is 1. The molecule has 0 atom stereocenters. The third-order valence-electron chi connectivity index (χ3n) is 5.86. The van der Waals surface area contributed by atoms with Crippen molar-refractivity contribution in [2.75, 3.05) is 13.2 Å². The Labute approximate surface area is 196 Å². The molecule has 1 aliphatic heterocycles. The molecule has 3 aromatic rings. The first-order valence-electron chi connectivity index (χ1n) is 11.7. The van der Waals surface area contributed by atoms with Gasteiger partial charge in [0.05, 0.1) is 12.8 Å². The van der Waals surface area contributed by atoms with Gasteiger partial charge in [0.15, 0.2) is 0 Å². The number of carbonyl (C=O) groups excluding carboxylic acids is 1. The Morgan fingerprint density at radius 1 is 1.03 bits per heavy atom. The number of hydrogen-bond donors (Lipinski definition) is 1. The van der Waals surface area contributed by atoms with Crippen molar-refractivity contribution in [3.05, 3.63) is 101 Å². The second kappa shape index (κ2) is 11.4. The van der Waals surface area contributed by atoms with E-state index in [2.05, 4.69) is 46.6 Å². The van der Waals surface area contributed by atoms with E-state index in [0.717, 1.165) is 56.8 Å². The van der Waals surface area contributed by atoms with E-state index < -0.39 is 0 Å². The van der Waals surface area contributed by atoms with Gasteiger partial charge in [-0.15, -0.1) is 0 Å². The molecule has 3 aromatic carbocycles. The SMILES string of the molecule is CCCCOc1ccc(/C=N\NC(=O)c2ccc(CN3CCc4ccccc4C3)cc2)cc1. The fraction of sp³-hybridized carbons (Fsp3) is 0.286. The Morgan fingerprint density at radius 3 is 2.55 bits per heavy atom. The van der Waals surface area contributed by atoms with Crippen LogP contribution < -0.4 is 10.2 Å². The van der Waals surface area contributed by atoms with E-state index in [4.69, 9.17) is 4.74 Å². The average Bonchev–Trinajstić information content (AvgIpc) is 2.85. The lowest BCUT2D eigenvalue weighted by atomic mass is 9.99. The molecule has 1 N–H and O–H groups in total. The molecule has 0 unspecified atom stereocenters. The quantitative estimate of drug-likeness (QED) is 0.283. The average molecular weight is 442 g/mol. The largest absolute Gasteiger partial charge is 0.494 e. The van der Waals surface area contributed by atoms with Gasteiger partial charge in [-0.3, -0.25) is 9.69 Å². The number of rotatable bonds is 9. The molecule has 1 aliphatic rings. The van der Waals surface area contributed by atoms with Crippen LogP contribution in [0.25, 0.3) is 0 Å². The summed E-state index contributed by atoms with van der Waals surface area (Å²) in [7, 11) is 0. The molecule has 33 heavy (non-hydrogen) atoms. The fourth-order valence-electron chi connectivity index (χ4n) is 3.92. The number of unbranched alkanes of at least 4 members (excludes halogenated alkanes) is 1. The lowest BCUT2D eigenvalue weighted by Crippen LogP contribution is -2.30. The fourth-order valence-corrected chi connectivity index (χ4v) is 3.92. The molecule has 0 spiro atoms. The van der Waals surface area contributed by atoms with Gasteiger partial charge in [-0.25, -0.2) is 5.43 Å². The van der Waals surface area contributed by atoms with Crippen LogP contribution in [0.5, 0.6) is 5.75 Å². The molecule has 0 aliphatic carbocycles. The first-order valence-corrected chi connectivity index (χ1v) is 11.7. The monoisotopic (exact) mass is 441 g/mol. The van der Waals surface area contributed by atoms with Crippen LogP contribution in [0.2, 0.25) is 0 Å². The minimum absolute atomic E-state index is 0.218. The number of amides is 1. The molecular formula is C28H31N3O2.